The van der Waals surface area contributed by atoms with Crippen molar-refractivity contribution in [2.24, 2.45) is 0 Å². The molecule has 0 radical (unpaired) electrons. The van der Waals surface area contributed by atoms with Crippen molar-refractivity contribution in [1.29, 1.82) is 0 Å². The number of amides is 1. The van der Waals surface area contributed by atoms with Gasteiger partial charge in [-0.2, -0.15) is 0 Å². The van der Waals surface area contributed by atoms with E-state index in [1.165, 1.54) is 0 Å². The van der Waals surface area contributed by atoms with E-state index in [9.17, 15) is 4.79 Å². The molecule has 1 N–H and O–H groups in total. The number of aromatic nitrogens is 1. The first kappa shape index (κ1) is 17.0. The van der Waals surface area contributed by atoms with Gasteiger partial charge in [0, 0.05) is 28.8 Å². The predicted molar refractivity (Wildman–Crippen MR) is 99.0 cm³/mol. The van der Waals surface area contributed by atoms with Crippen LogP contribution in [0.25, 0.3) is 0 Å². The number of nitrogens with one attached hydrogen (secondary N) is 1. The lowest BCUT2D eigenvalue weighted by molar-refractivity contribution is 0.0950. The number of pyridine rings is 1. The summed E-state index contributed by atoms with van der Waals surface area (Å²) in [6.45, 7) is 0.424. The Labute approximate surface area is 151 Å². The fraction of sp³-hybridized carbons (Fsp3) is 0.100. The van der Waals surface area contributed by atoms with Crippen molar-refractivity contribution in [1.82, 2.24) is 10.3 Å². The molecule has 0 aliphatic rings. The van der Waals surface area contributed by atoms with E-state index in [-0.39, 0.29) is 5.91 Å². The SMILES string of the molecule is COc1ccccc1CNC(=O)c1ccc(Sc2ccccn2)cc1. The molecule has 0 spiro atoms. The van der Waals surface area contributed by atoms with Crippen LogP contribution >= 0.6 is 11.8 Å². The lowest BCUT2D eigenvalue weighted by Crippen LogP contribution is -2.22. The summed E-state index contributed by atoms with van der Waals surface area (Å²) in [5.74, 6) is 0.658. The second-order valence-corrected chi connectivity index (χ2v) is 6.38. The number of methoxy groups -OCH3 is 1. The van der Waals surface area contributed by atoms with Gasteiger partial charge >= 0.3 is 0 Å². The molecule has 25 heavy (non-hydrogen) atoms. The molecule has 0 unspecified atom stereocenters. The van der Waals surface area contributed by atoms with Gasteiger partial charge in [0.1, 0.15) is 10.8 Å². The molecule has 0 saturated heterocycles. The standard InChI is InChI=1S/C20H18N2O2S/c1-24-18-7-3-2-6-16(18)14-22-20(23)15-9-11-17(12-10-15)25-19-8-4-5-13-21-19/h2-13H,14H2,1H3,(H,22,23). The number of rotatable bonds is 6. The van der Waals surface area contributed by atoms with E-state index >= 15 is 0 Å². The highest BCUT2D eigenvalue weighted by atomic mass is 32.2. The average molecular weight is 350 g/mol. The van der Waals surface area contributed by atoms with Crippen LogP contribution in [0.4, 0.5) is 0 Å². The molecule has 1 aromatic heterocycles. The van der Waals surface area contributed by atoms with E-state index in [0.29, 0.717) is 12.1 Å². The first-order valence-corrected chi connectivity index (χ1v) is 8.67. The zero-order chi connectivity index (χ0) is 17.5. The summed E-state index contributed by atoms with van der Waals surface area (Å²) in [5.41, 5.74) is 1.57. The van der Waals surface area contributed by atoms with Crippen molar-refractivity contribution in [3.63, 3.8) is 0 Å². The number of nitrogens with zero attached hydrogens (tertiary/aromatic N) is 1. The number of carbonyl (C=O) groups is 1. The second kappa shape index (κ2) is 8.35. The Morgan fingerprint density at radius 1 is 1.04 bits per heavy atom. The maximum Gasteiger partial charge on any atom is 0.251 e. The normalized spacial score (nSPS) is 10.3. The molecule has 0 atom stereocenters. The minimum atomic E-state index is -0.111. The maximum absolute atomic E-state index is 12.3. The molecule has 4 nitrogen and oxygen atoms in total. The fourth-order valence-corrected chi connectivity index (χ4v) is 3.10. The van der Waals surface area contributed by atoms with Crippen molar-refractivity contribution < 1.29 is 9.53 Å². The summed E-state index contributed by atoms with van der Waals surface area (Å²) in [6, 6.07) is 20.9. The Hall–Kier alpha value is -2.79. The molecule has 3 rings (SSSR count). The number of benzene rings is 2. The molecule has 126 valence electrons. The predicted octanol–water partition coefficient (Wildman–Crippen LogP) is 4.17. The van der Waals surface area contributed by atoms with E-state index in [4.69, 9.17) is 4.74 Å². The fourth-order valence-electron chi connectivity index (χ4n) is 2.33. The van der Waals surface area contributed by atoms with Crippen molar-refractivity contribution in [3.05, 3.63) is 84.1 Å². The lowest BCUT2D eigenvalue weighted by atomic mass is 10.2. The van der Waals surface area contributed by atoms with Crippen molar-refractivity contribution in [2.75, 3.05) is 7.11 Å². The van der Waals surface area contributed by atoms with E-state index in [0.717, 1.165) is 21.2 Å². The highest BCUT2D eigenvalue weighted by molar-refractivity contribution is 7.99. The molecule has 0 aliphatic carbocycles. The van der Waals surface area contributed by atoms with Gasteiger partial charge in [0.15, 0.2) is 0 Å². The van der Waals surface area contributed by atoms with Gasteiger partial charge in [0.05, 0.1) is 7.11 Å². The molecular weight excluding hydrogens is 332 g/mol. The number of ether oxygens (including phenoxy) is 1. The van der Waals surface area contributed by atoms with Gasteiger partial charge < -0.3 is 10.1 Å². The van der Waals surface area contributed by atoms with Crippen LogP contribution in [0.15, 0.2) is 82.8 Å². The first-order chi connectivity index (χ1) is 12.3. The average Bonchev–Trinajstić information content (AvgIpc) is 2.67. The van der Waals surface area contributed by atoms with Crippen LogP contribution in [0.5, 0.6) is 5.75 Å². The van der Waals surface area contributed by atoms with E-state index in [1.807, 2.05) is 66.7 Å². The van der Waals surface area contributed by atoms with Gasteiger partial charge in [0.25, 0.3) is 5.91 Å². The largest absolute Gasteiger partial charge is 0.496 e. The topological polar surface area (TPSA) is 51.2 Å². The molecule has 0 aliphatic heterocycles. The zero-order valence-corrected chi connectivity index (χ0v) is 14.6. The van der Waals surface area contributed by atoms with Crippen LogP contribution in [0.1, 0.15) is 15.9 Å². The Kier molecular flexibility index (Phi) is 5.69. The zero-order valence-electron chi connectivity index (χ0n) is 13.8. The minimum absolute atomic E-state index is 0.111. The lowest BCUT2D eigenvalue weighted by Gasteiger charge is -2.10. The Balaban J connectivity index is 1.61. The van der Waals surface area contributed by atoms with Gasteiger partial charge in [-0.3, -0.25) is 4.79 Å². The van der Waals surface area contributed by atoms with E-state index in [1.54, 1.807) is 25.1 Å². The van der Waals surface area contributed by atoms with Gasteiger partial charge in [-0.1, -0.05) is 36.0 Å². The van der Waals surface area contributed by atoms with Crippen LogP contribution in [-0.2, 0) is 6.54 Å². The van der Waals surface area contributed by atoms with E-state index in [2.05, 4.69) is 10.3 Å². The molecule has 5 heteroatoms. The number of hydrogen-bond donors (Lipinski definition) is 1. The molecule has 3 aromatic rings. The summed E-state index contributed by atoms with van der Waals surface area (Å²) in [4.78, 5) is 17.6. The Bertz CT molecular complexity index is 836. The van der Waals surface area contributed by atoms with Gasteiger partial charge in [-0.05, 0) is 42.5 Å². The highest BCUT2D eigenvalue weighted by Gasteiger charge is 2.08. The minimum Gasteiger partial charge on any atom is -0.496 e. The monoisotopic (exact) mass is 350 g/mol. The highest BCUT2D eigenvalue weighted by Crippen LogP contribution is 2.25. The molecule has 1 heterocycles. The van der Waals surface area contributed by atoms with E-state index < -0.39 is 0 Å². The molecule has 1 amide bonds. The molecule has 0 fully saturated rings. The first-order valence-electron chi connectivity index (χ1n) is 7.85. The Morgan fingerprint density at radius 3 is 2.52 bits per heavy atom. The van der Waals surface area contributed by atoms with Gasteiger partial charge in [0.2, 0.25) is 0 Å². The Morgan fingerprint density at radius 2 is 1.80 bits per heavy atom. The van der Waals surface area contributed by atoms with Gasteiger partial charge in [-0.15, -0.1) is 0 Å². The maximum atomic E-state index is 12.3. The van der Waals surface area contributed by atoms with Crippen LogP contribution in [0, 0.1) is 0 Å². The smallest absolute Gasteiger partial charge is 0.251 e. The quantitative estimate of drug-likeness (QED) is 0.725. The molecular formula is C20H18N2O2S. The number of hydrogen-bond acceptors (Lipinski definition) is 4. The number of para-hydroxylation sites is 1. The molecule has 2 aromatic carbocycles. The summed E-state index contributed by atoms with van der Waals surface area (Å²) in [5, 5.41) is 3.85. The summed E-state index contributed by atoms with van der Waals surface area (Å²) >= 11 is 1.56. The summed E-state index contributed by atoms with van der Waals surface area (Å²) in [7, 11) is 1.62. The summed E-state index contributed by atoms with van der Waals surface area (Å²) in [6.07, 6.45) is 1.77. The molecule has 0 bridgehead atoms. The van der Waals surface area contributed by atoms with Gasteiger partial charge in [-0.25, -0.2) is 4.98 Å². The van der Waals surface area contributed by atoms with Crippen molar-refractivity contribution in [2.45, 2.75) is 16.5 Å². The van der Waals surface area contributed by atoms with Crippen LogP contribution in [0.2, 0.25) is 0 Å². The third-order valence-corrected chi connectivity index (χ3v) is 4.57. The van der Waals surface area contributed by atoms with Crippen molar-refractivity contribution in [3.8, 4) is 5.75 Å². The molecule has 0 saturated carbocycles. The van der Waals surface area contributed by atoms with Crippen molar-refractivity contribution >= 4 is 17.7 Å². The third kappa shape index (κ3) is 4.61. The van der Waals surface area contributed by atoms with Crippen LogP contribution < -0.4 is 10.1 Å². The van der Waals surface area contributed by atoms with Crippen LogP contribution in [0.3, 0.4) is 0 Å². The third-order valence-electron chi connectivity index (χ3n) is 3.61. The van der Waals surface area contributed by atoms with Crippen LogP contribution in [-0.4, -0.2) is 18.0 Å². The number of carbonyl (C=O) groups excluding carboxylic acids is 1. The second-order valence-electron chi connectivity index (χ2n) is 5.29. The summed E-state index contributed by atoms with van der Waals surface area (Å²) < 4.78 is 5.30.